The number of hydrogen-bond donors (Lipinski definition) is 3. The molecule has 0 aliphatic rings. The first kappa shape index (κ1) is 12.1. The molecular formula is C13H15NO2S. The van der Waals surface area contributed by atoms with E-state index in [0.29, 0.717) is 6.54 Å². The summed E-state index contributed by atoms with van der Waals surface area (Å²) in [5.41, 5.74) is 0.726. The number of benzene rings is 1. The average molecular weight is 249 g/mol. The Hall–Kier alpha value is -1.36. The molecule has 3 nitrogen and oxygen atoms in total. The van der Waals surface area contributed by atoms with Crippen LogP contribution in [-0.2, 0) is 6.54 Å². The third kappa shape index (κ3) is 3.56. The van der Waals surface area contributed by atoms with Crippen LogP contribution >= 0.6 is 11.3 Å². The highest BCUT2D eigenvalue weighted by atomic mass is 32.1. The number of phenols is 1. The van der Waals surface area contributed by atoms with Crippen LogP contribution < -0.4 is 5.32 Å². The van der Waals surface area contributed by atoms with Crippen LogP contribution in [-0.4, -0.2) is 16.8 Å². The van der Waals surface area contributed by atoms with E-state index in [1.54, 1.807) is 35.6 Å². The minimum atomic E-state index is -0.595. The molecule has 1 aromatic carbocycles. The van der Waals surface area contributed by atoms with Crippen molar-refractivity contribution in [3.05, 3.63) is 52.2 Å². The lowest BCUT2D eigenvalue weighted by molar-refractivity contribution is 0.174. The molecule has 0 saturated heterocycles. The molecule has 0 fully saturated rings. The standard InChI is InChI=1S/C13H15NO2S/c15-11-4-1-3-10(7-11)13(16)9-14-8-12-5-2-6-17-12/h1-7,13-16H,8-9H2/t13-/m1/s1. The van der Waals surface area contributed by atoms with Crippen LogP contribution in [0.5, 0.6) is 5.75 Å². The molecule has 3 N–H and O–H groups in total. The minimum Gasteiger partial charge on any atom is -0.508 e. The minimum absolute atomic E-state index is 0.180. The first-order chi connectivity index (χ1) is 8.25. The van der Waals surface area contributed by atoms with Gasteiger partial charge in [-0.05, 0) is 29.1 Å². The van der Waals surface area contributed by atoms with E-state index < -0.39 is 6.10 Å². The number of rotatable bonds is 5. The summed E-state index contributed by atoms with van der Waals surface area (Å²) in [4.78, 5) is 1.24. The molecule has 1 aromatic heterocycles. The molecule has 0 spiro atoms. The number of thiophene rings is 1. The molecule has 2 rings (SSSR count). The fraction of sp³-hybridized carbons (Fsp3) is 0.231. The number of hydrogen-bond acceptors (Lipinski definition) is 4. The molecule has 0 bridgehead atoms. The quantitative estimate of drug-likeness (QED) is 0.762. The number of phenolic OH excluding ortho intramolecular Hbond substituents is 1. The third-order valence-corrected chi connectivity index (χ3v) is 3.35. The van der Waals surface area contributed by atoms with E-state index in [9.17, 15) is 10.2 Å². The van der Waals surface area contributed by atoms with Gasteiger partial charge in [0.1, 0.15) is 5.75 Å². The number of aliphatic hydroxyl groups is 1. The van der Waals surface area contributed by atoms with E-state index in [-0.39, 0.29) is 5.75 Å². The zero-order chi connectivity index (χ0) is 12.1. The van der Waals surface area contributed by atoms with Crippen LogP contribution in [0.1, 0.15) is 16.5 Å². The Morgan fingerprint density at radius 2 is 2.12 bits per heavy atom. The normalized spacial score (nSPS) is 12.5. The topological polar surface area (TPSA) is 52.5 Å². The lowest BCUT2D eigenvalue weighted by Gasteiger charge is -2.11. The summed E-state index contributed by atoms with van der Waals surface area (Å²) in [5, 5.41) is 24.4. The molecule has 0 amide bonds. The van der Waals surface area contributed by atoms with Crippen molar-refractivity contribution in [1.29, 1.82) is 0 Å². The zero-order valence-corrected chi connectivity index (χ0v) is 10.2. The molecule has 1 heterocycles. The maximum atomic E-state index is 9.90. The third-order valence-electron chi connectivity index (χ3n) is 2.47. The molecule has 0 aliphatic carbocycles. The first-order valence-electron chi connectivity index (χ1n) is 5.46. The Bertz CT molecular complexity index is 456. The number of nitrogens with one attached hydrogen (secondary N) is 1. The van der Waals surface area contributed by atoms with Crippen molar-refractivity contribution in [1.82, 2.24) is 5.32 Å². The van der Waals surface area contributed by atoms with Crippen LogP contribution in [0.15, 0.2) is 41.8 Å². The van der Waals surface area contributed by atoms with Crippen LogP contribution in [0, 0.1) is 0 Å². The van der Waals surface area contributed by atoms with Gasteiger partial charge in [0.05, 0.1) is 6.10 Å². The van der Waals surface area contributed by atoms with E-state index in [1.807, 2.05) is 11.4 Å². The van der Waals surface area contributed by atoms with Gasteiger partial charge < -0.3 is 15.5 Å². The summed E-state index contributed by atoms with van der Waals surface area (Å²) in [5.74, 6) is 0.180. The summed E-state index contributed by atoms with van der Waals surface area (Å²) < 4.78 is 0. The first-order valence-corrected chi connectivity index (χ1v) is 6.34. The van der Waals surface area contributed by atoms with Gasteiger partial charge in [0.15, 0.2) is 0 Å². The van der Waals surface area contributed by atoms with Crippen molar-refractivity contribution in [2.45, 2.75) is 12.6 Å². The molecule has 0 radical (unpaired) electrons. The van der Waals surface area contributed by atoms with E-state index >= 15 is 0 Å². The summed E-state index contributed by atoms with van der Waals surface area (Å²) >= 11 is 1.69. The van der Waals surface area contributed by atoms with Gasteiger partial charge in [-0.25, -0.2) is 0 Å². The lowest BCUT2D eigenvalue weighted by atomic mass is 10.1. The van der Waals surface area contributed by atoms with E-state index in [2.05, 4.69) is 11.4 Å². The highest BCUT2D eigenvalue weighted by Crippen LogP contribution is 2.17. The van der Waals surface area contributed by atoms with Crippen LogP contribution in [0.3, 0.4) is 0 Å². The van der Waals surface area contributed by atoms with Crippen molar-refractivity contribution in [2.75, 3.05) is 6.54 Å². The van der Waals surface area contributed by atoms with Gasteiger partial charge in [-0.2, -0.15) is 0 Å². The Morgan fingerprint density at radius 3 is 2.82 bits per heavy atom. The van der Waals surface area contributed by atoms with Crippen molar-refractivity contribution in [3.8, 4) is 5.75 Å². The second kappa shape index (κ2) is 5.82. The molecule has 0 unspecified atom stereocenters. The molecule has 0 aliphatic heterocycles. The fourth-order valence-corrected chi connectivity index (χ4v) is 2.27. The van der Waals surface area contributed by atoms with Crippen molar-refractivity contribution in [3.63, 3.8) is 0 Å². The average Bonchev–Trinajstić information content (AvgIpc) is 2.82. The molecular weight excluding hydrogens is 234 g/mol. The predicted molar refractivity (Wildman–Crippen MR) is 69.1 cm³/mol. The summed E-state index contributed by atoms with van der Waals surface area (Å²) in [7, 11) is 0. The molecule has 2 aromatic rings. The predicted octanol–water partition coefficient (Wildman–Crippen LogP) is 2.28. The van der Waals surface area contributed by atoms with Crippen LogP contribution in [0.4, 0.5) is 0 Å². The molecule has 17 heavy (non-hydrogen) atoms. The second-order valence-electron chi connectivity index (χ2n) is 3.82. The van der Waals surface area contributed by atoms with Gasteiger partial charge >= 0.3 is 0 Å². The van der Waals surface area contributed by atoms with Gasteiger partial charge in [0.25, 0.3) is 0 Å². The Balaban J connectivity index is 1.83. The Morgan fingerprint density at radius 1 is 1.24 bits per heavy atom. The number of aliphatic hydroxyl groups excluding tert-OH is 1. The molecule has 0 saturated carbocycles. The SMILES string of the molecule is Oc1cccc([C@H](O)CNCc2cccs2)c1. The van der Waals surface area contributed by atoms with Crippen molar-refractivity contribution < 1.29 is 10.2 Å². The fourth-order valence-electron chi connectivity index (χ4n) is 1.60. The molecule has 90 valence electrons. The van der Waals surface area contributed by atoms with E-state index in [1.165, 1.54) is 4.88 Å². The maximum absolute atomic E-state index is 9.90. The smallest absolute Gasteiger partial charge is 0.115 e. The molecule has 4 heteroatoms. The van der Waals surface area contributed by atoms with Gasteiger partial charge in [0, 0.05) is 18.0 Å². The van der Waals surface area contributed by atoms with E-state index in [4.69, 9.17) is 0 Å². The van der Waals surface area contributed by atoms with Gasteiger partial charge in [-0.3, -0.25) is 0 Å². The highest BCUT2D eigenvalue weighted by Gasteiger charge is 2.07. The van der Waals surface area contributed by atoms with Crippen molar-refractivity contribution >= 4 is 11.3 Å². The summed E-state index contributed by atoms with van der Waals surface area (Å²) in [6, 6.07) is 10.8. The largest absolute Gasteiger partial charge is 0.508 e. The maximum Gasteiger partial charge on any atom is 0.115 e. The molecule has 1 atom stereocenters. The van der Waals surface area contributed by atoms with Crippen molar-refractivity contribution in [2.24, 2.45) is 0 Å². The van der Waals surface area contributed by atoms with Gasteiger partial charge in [-0.1, -0.05) is 18.2 Å². The summed E-state index contributed by atoms with van der Waals surface area (Å²) in [6.45, 7) is 1.23. The van der Waals surface area contributed by atoms with Gasteiger partial charge in [0.2, 0.25) is 0 Å². The lowest BCUT2D eigenvalue weighted by Crippen LogP contribution is -2.20. The number of aromatic hydroxyl groups is 1. The second-order valence-corrected chi connectivity index (χ2v) is 4.85. The highest BCUT2D eigenvalue weighted by molar-refractivity contribution is 7.09. The Labute approximate surface area is 104 Å². The zero-order valence-electron chi connectivity index (χ0n) is 9.34. The van der Waals surface area contributed by atoms with Gasteiger partial charge in [-0.15, -0.1) is 11.3 Å². The summed E-state index contributed by atoms with van der Waals surface area (Å²) in [6.07, 6.45) is -0.595. The Kier molecular flexibility index (Phi) is 4.14. The van der Waals surface area contributed by atoms with Crippen LogP contribution in [0.2, 0.25) is 0 Å². The van der Waals surface area contributed by atoms with E-state index in [0.717, 1.165) is 12.1 Å². The van der Waals surface area contributed by atoms with Crippen LogP contribution in [0.25, 0.3) is 0 Å². The monoisotopic (exact) mass is 249 g/mol.